The topological polar surface area (TPSA) is 149 Å². The van der Waals surface area contributed by atoms with E-state index in [2.05, 4.69) is 5.48 Å². The summed E-state index contributed by atoms with van der Waals surface area (Å²) >= 11 is -3.13. The van der Waals surface area contributed by atoms with Crippen LogP contribution in [0.1, 0.15) is 33.1 Å². The summed E-state index contributed by atoms with van der Waals surface area (Å²) in [4.78, 5) is 31.0. The van der Waals surface area contributed by atoms with E-state index in [0.717, 1.165) is 11.8 Å². The number of amides is 3. The normalized spacial score (nSPS) is 17.7. The van der Waals surface area contributed by atoms with Gasteiger partial charge < -0.3 is 30.1 Å². The first-order chi connectivity index (χ1) is 16.6. The number of likely N-dealkylation sites (tertiary alicyclic amines) is 1. The van der Waals surface area contributed by atoms with E-state index in [1.807, 2.05) is 5.32 Å². The fourth-order valence-electron chi connectivity index (χ4n) is 3.80. The van der Waals surface area contributed by atoms with Crippen LogP contribution in [0.15, 0.2) is 22.7 Å². The van der Waals surface area contributed by atoms with E-state index < -0.39 is 39.3 Å². The summed E-state index contributed by atoms with van der Waals surface area (Å²) in [5.41, 5.74) is 7.59. The number of hydroxylamine groups is 1. The van der Waals surface area contributed by atoms with Crippen molar-refractivity contribution < 1.29 is 36.7 Å². The molecule has 0 saturated carbocycles. The predicted molar refractivity (Wildman–Crippen MR) is 122 cm³/mol. The Morgan fingerprint density at radius 2 is 1.94 bits per heavy atom. The minimum Gasteiger partial charge on any atom is -0.768 e. The number of anilines is 2. The lowest BCUT2D eigenvalue weighted by Crippen LogP contribution is -2.43. The van der Waals surface area contributed by atoms with Crippen molar-refractivity contribution in [3.8, 4) is 0 Å². The third-order valence-corrected chi connectivity index (χ3v) is 6.24. The molecule has 2 aliphatic rings. The van der Waals surface area contributed by atoms with Crippen LogP contribution < -0.4 is 21.4 Å². The molecule has 194 valence electrons. The van der Waals surface area contributed by atoms with Gasteiger partial charge in [0.15, 0.2) is 5.82 Å². The molecule has 1 aromatic carbocycles. The van der Waals surface area contributed by atoms with Crippen LogP contribution in [0.4, 0.5) is 29.7 Å². The minimum absolute atomic E-state index is 0.105. The first kappa shape index (κ1) is 26.6. The van der Waals surface area contributed by atoms with Gasteiger partial charge in [0, 0.05) is 44.4 Å². The summed E-state index contributed by atoms with van der Waals surface area (Å²) < 4.78 is 57.3. The Labute approximate surface area is 203 Å². The van der Waals surface area contributed by atoms with Crippen molar-refractivity contribution >= 4 is 34.6 Å². The highest BCUT2D eigenvalue weighted by Crippen LogP contribution is 2.34. The number of hydrogen-bond donors (Lipinski definition) is 3. The van der Waals surface area contributed by atoms with Crippen molar-refractivity contribution in [1.82, 2.24) is 10.4 Å². The molecule has 0 spiro atoms. The monoisotopic (exact) mass is 516 g/mol. The number of piperidine rings is 1. The van der Waals surface area contributed by atoms with Crippen molar-refractivity contribution in [1.29, 1.82) is 0 Å². The Hall–Kier alpha value is -2.97. The zero-order valence-corrected chi connectivity index (χ0v) is 20.2. The Bertz CT molecular complexity index is 1020. The molecular weight excluding hydrogens is 488 g/mol. The van der Waals surface area contributed by atoms with Crippen LogP contribution >= 0.6 is 0 Å². The van der Waals surface area contributed by atoms with Gasteiger partial charge in [-0.25, -0.2) is 18.4 Å². The number of nitrogens with two attached hydrogens (primary N) is 1. The highest BCUT2D eigenvalue weighted by atomic mass is 32.2. The number of rotatable bonds is 7. The third-order valence-electron chi connectivity index (χ3n) is 5.51. The zero-order valence-electron chi connectivity index (χ0n) is 19.3. The number of halogens is 2. The molecule has 14 heteroatoms. The molecule has 0 bridgehead atoms. The van der Waals surface area contributed by atoms with Crippen molar-refractivity contribution in [2.75, 3.05) is 36.4 Å². The van der Waals surface area contributed by atoms with Crippen LogP contribution in [0, 0.1) is 11.6 Å². The van der Waals surface area contributed by atoms with E-state index in [1.54, 1.807) is 24.8 Å². The summed E-state index contributed by atoms with van der Waals surface area (Å²) in [7, 11) is 0. The maximum absolute atomic E-state index is 15.0. The average Bonchev–Trinajstić information content (AvgIpc) is 2.79. The molecule has 3 amide bonds. The number of carbonyl (C=O) groups is 2. The van der Waals surface area contributed by atoms with E-state index in [0.29, 0.717) is 32.4 Å². The second kappa shape index (κ2) is 11.6. The van der Waals surface area contributed by atoms with Crippen LogP contribution in [-0.2, 0) is 20.7 Å². The lowest BCUT2D eigenvalue weighted by atomic mass is 10.1. The number of primary amides is 1. The maximum Gasteiger partial charge on any atom is 0.410 e. The molecule has 0 aromatic heterocycles. The maximum atomic E-state index is 15.0. The lowest BCUT2D eigenvalue weighted by Gasteiger charge is -2.33. The standard InChI is InChI=1S/C21H29F2N5O6S/c1-12(2)33-21(30)28-9-5-14(6-10-28)34-26-13-3-7-27(8-4-13)16-11-15(22)19(35(31)32)18(17(16)23)25-20(24)29/h3,11-12,14,26H,4-10H2,1-2H3,(H,31,32)(H3,24,25,29)/p-1. The van der Waals surface area contributed by atoms with Gasteiger partial charge in [-0.05, 0) is 43.8 Å². The van der Waals surface area contributed by atoms with Gasteiger partial charge in [-0.15, -0.1) is 0 Å². The smallest absolute Gasteiger partial charge is 0.410 e. The molecule has 35 heavy (non-hydrogen) atoms. The van der Waals surface area contributed by atoms with Crippen molar-refractivity contribution in [2.24, 2.45) is 5.73 Å². The Morgan fingerprint density at radius 3 is 2.49 bits per heavy atom. The van der Waals surface area contributed by atoms with Crippen molar-refractivity contribution in [2.45, 2.75) is 50.2 Å². The third kappa shape index (κ3) is 6.80. The predicted octanol–water partition coefficient (Wildman–Crippen LogP) is 2.32. The number of urea groups is 1. The molecule has 2 aliphatic heterocycles. The van der Waals surface area contributed by atoms with Crippen LogP contribution in [-0.4, -0.2) is 64.2 Å². The van der Waals surface area contributed by atoms with Gasteiger partial charge in [0.05, 0.1) is 28.5 Å². The van der Waals surface area contributed by atoms with Crippen LogP contribution in [0.5, 0.6) is 0 Å². The van der Waals surface area contributed by atoms with Gasteiger partial charge in [0.1, 0.15) is 5.82 Å². The largest absolute Gasteiger partial charge is 0.768 e. The van der Waals surface area contributed by atoms with E-state index in [4.69, 9.17) is 15.3 Å². The van der Waals surface area contributed by atoms with Gasteiger partial charge in [0.25, 0.3) is 0 Å². The Kier molecular flexibility index (Phi) is 8.86. The van der Waals surface area contributed by atoms with Crippen molar-refractivity contribution in [3.63, 3.8) is 0 Å². The highest BCUT2D eigenvalue weighted by Gasteiger charge is 2.27. The van der Waals surface area contributed by atoms with Gasteiger partial charge in [0.2, 0.25) is 0 Å². The molecule has 1 fully saturated rings. The van der Waals surface area contributed by atoms with Crippen LogP contribution in [0.2, 0.25) is 0 Å². The van der Waals surface area contributed by atoms with Gasteiger partial charge in [-0.2, -0.15) is 0 Å². The van der Waals surface area contributed by atoms with E-state index in [9.17, 15) is 22.7 Å². The quantitative estimate of drug-likeness (QED) is 0.369. The fourth-order valence-corrected chi connectivity index (χ4v) is 4.32. The molecule has 0 aliphatic carbocycles. The molecule has 1 atom stereocenters. The minimum atomic E-state index is -3.13. The number of nitrogens with one attached hydrogen (secondary N) is 2. The SMILES string of the molecule is CC(C)OC(=O)N1CCC(ONC2=CCN(c3cc(F)c(S(=O)[O-])c(NC(N)=O)c3F)CC2)CC1. The Morgan fingerprint density at radius 1 is 1.26 bits per heavy atom. The lowest BCUT2D eigenvalue weighted by molar-refractivity contribution is -0.0415. The number of benzene rings is 1. The summed E-state index contributed by atoms with van der Waals surface area (Å²) in [5, 5.41) is 1.85. The molecule has 1 unspecified atom stereocenters. The van der Waals surface area contributed by atoms with Gasteiger partial charge in [-0.3, -0.25) is 14.5 Å². The second-order valence-corrected chi connectivity index (χ2v) is 9.26. The molecule has 1 aromatic rings. The average molecular weight is 517 g/mol. The molecule has 3 rings (SSSR count). The van der Waals surface area contributed by atoms with Crippen molar-refractivity contribution in [3.05, 3.63) is 29.5 Å². The summed E-state index contributed by atoms with van der Waals surface area (Å²) in [6.45, 7) is 5.07. The summed E-state index contributed by atoms with van der Waals surface area (Å²) in [6.07, 6.45) is 2.78. The fraction of sp³-hybridized carbons (Fsp3) is 0.524. The molecule has 1 saturated heterocycles. The number of nitrogens with zero attached hydrogens (tertiary/aromatic N) is 2. The molecule has 0 radical (unpaired) electrons. The van der Waals surface area contributed by atoms with E-state index in [-0.39, 0.29) is 37.1 Å². The second-order valence-electron chi connectivity index (χ2n) is 8.38. The molecule has 2 heterocycles. The summed E-state index contributed by atoms with van der Waals surface area (Å²) in [6, 6.07) is -0.454. The molecule has 11 nitrogen and oxygen atoms in total. The molecular formula is C21H28F2N5O6S-. The van der Waals surface area contributed by atoms with E-state index >= 15 is 4.39 Å². The highest BCUT2D eigenvalue weighted by molar-refractivity contribution is 7.79. The number of ether oxygens (including phenoxy) is 1. The van der Waals surface area contributed by atoms with Gasteiger partial charge >= 0.3 is 12.1 Å². The number of hydrogen-bond acceptors (Lipinski definition) is 8. The first-order valence-electron chi connectivity index (χ1n) is 11.1. The van der Waals surface area contributed by atoms with Gasteiger partial charge in [-0.1, -0.05) is 0 Å². The first-order valence-corrected chi connectivity index (χ1v) is 12.1. The molecule has 4 N–H and O–H groups in total. The van der Waals surface area contributed by atoms with E-state index in [1.165, 1.54) is 4.90 Å². The Balaban J connectivity index is 1.58. The number of carbonyl (C=O) groups excluding carboxylic acids is 2. The zero-order chi connectivity index (χ0) is 25.7. The van der Waals surface area contributed by atoms with Crippen LogP contribution in [0.25, 0.3) is 0 Å². The van der Waals surface area contributed by atoms with Crippen LogP contribution in [0.3, 0.4) is 0 Å². The summed E-state index contributed by atoms with van der Waals surface area (Å²) in [5.74, 6) is -2.31.